The summed E-state index contributed by atoms with van der Waals surface area (Å²) >= 11 is 0. The predicted molar refractivity (Wildman–Crippen MR) is 76.5 cm³/mol. The van der Waals surface area contributed by atoms with Crippen molar-refractivity contribution in [2.24, 2.45) is 0 Å². The summed E-state index contributed by atoms with van der Waals surface area (Å²) in [6, 6.07) is 5.92. The number of rotatable bonds is 2. The Morgan fingerprint density at radius 3 is 2.95 bits per heavy atom. The predicted octanol–water partition coefficient (Wildman–Crippen LogP) is 2.52. The molecule has 1 saturated heterocycles. The van der Waals surface area contributed by atoms with E-state index in [1.807, 2.05) is 25.1 Å². The fourth-order valence-electron chi connectivity index (χ4n) is 2.53. The van der Waals surface area contributed by atoms with Crippen LogP contribution in [0.4, 0.5) is 16.2 Å². The van der Waals surface area contributed by atoms with Gasteiger partial charge in [-0.05, 0) is 37.8 Å². The number of nitrogens with one attached hydrogen (secondary N) is 1. The highest BCUT2D eigenvalue weighted by Crippen LogP contribution is 2.25. The molecule has 0 saturated carbocycles. The van der Waals surface area contributed by atoms with Gasteiger partial charge in [-0.25, -0.2) is 4.79 Å². The Bertz CT molecular complexity index is 442. The van der Waals surface area contributed by atoms with E-state index in [1.54, 1.807) is 0 Å². The molecule has 0 aliphatic carbocycles. The van der Waals surface area contributed by atoms with Crippen LogP contribution in [0.25, 0.3) is 0 Å². The van der Waals surface area contributed by atoms with Crippen LogP contribution in [0.3, 0.4) is 0 Å². The molecular formula is C14H21N3O2. The van der Waals surface area contributed by atoms with Crippen LogP contribution in [0, 0.1) is 6.92 Å². The first kappa shape index (κ1) is 13.5. The van der Waals surface area contributed by atoms with Crippen molar-refractivity contribution >= 4 is 17.5 Å². The van der Waals surface area contributed by atoms with E-state index >= 15 is 0 Å². The van der Waals surface area contributed by atoms with Crippen LogP contribution in [0.15, 0.2) is 18.2 Å². The number of para-hydroxylation sites is 1. The molecule has 4 N–H and O–H groups in total. The van der Waals surface area contributed by atoms with Crippen LogP contribution < -0.4 is 11.1 Å². The Morgan fingerprint density at radius 2 is 2.26 bits per heavy atom. The van der Waals surface area contributed by atoms with Gasteiger partial charge in [0.25, 0.3) is 0 Å². The Labute approximate surface area is 113 Å². The molecule has 19 heavy (non-hydrogen) atoms. The van der Waals surface area contributed by atoms with Gasteiger partial charge in [-0.2, -0.15) is 0 Å². The molecule has 1 aliphatic rings. The third-order valence-corrected chi connectivity index (χ3v) is 3.60. The van der Waals surface area contributed by atoms with Gasteiger partial charge in [0.05, 0.1) is 11.4 Å². The van der Waals surface area contributed by atoms with E-state index in [9.17, 15) is 4.79 Å². The second kappa shape index (κ2) is 5.82. The summed E-state index contributed by atoms with van der Waals surface area (Å²) in [6.45, 7) is 3.14. The zero-order valence-corrected chi connectivity index (χ0v) is 11.2. The molecule has 0 spiro atoms. The second-order valence-electron chi connectivity index (χ2n) is 5.10. The highest BCUT2D eigenvalue weighted by atomic mass is 16.4. The van der Waals surface area contributed by atoms with Crippen LogP contribution >= 0.6 is 0 Å². The number of aryl methyl sites for hydroxylation is 1. The molecular weight excluding hydrogens is 242 g/mol. The van der Waals surface area contributed by atoms with E-state index in [1.165, 1.54) is 4.90 Å². The molecule has 1 atom stereocenters. The molecule has 1 aromatic carbocycles. The van der Waals surface area contributed by atoms with Crippen LogP contribution in [0.5, 0.6) is 0 Å². The summed E-state index contributed by atoms with van der Waals surface area (Å²) < 4.78 is 0. The number of hydrogen-bond donors (Lipinski definition) is 3. The maximum absolute atomic E-state index is 11.1. The number of nitrogens with zero attached hydrogens (tertiary/aromatic N) is 1. The van der Waals surface area contributed by atoms with E-state index in [4.69, 9.17) is 10.8 Å². The fraction of sp³-hybridized carbons (Fsp3) is 0.500. The van der Waals surface area contributed by atoms with E-state index in [2.05, 4.69) is 5.32 Å². The number of carboxylic acid groups (broad SMARTS) is 1. The molecule has 104 valence electrons. The lowest BCUT2D eigenvalue weighted by Crippen LogP contribution is -2.38. The van der Waals surface area contributed by atoms with Gasteiger partial charge in [-0.3, -0.25) is 0 Å². The SMILES string of the molecule is Cc1cccc(N)c1N[C@@H]1CCCCN(C(=O)O)C1. The lowest BCUT2D eigenvalue weighted by atomic mass is 10.1. The first-order chi connectivity index (χ1) is 9.08. The summed E-state index contributed by atoms with van der Waals surface area (Å²) in [6.07, 6.45) is 2.09. The number of amides is 1. The van der Waals surface area contributed by atoms with Crippen molar-refractivity contribution in [1.82, 2.24) is 4.90 Å². The normalized spacial score (nSPS) is 19.8. The zero-order chi connectivity index (χ0) is 13.8. The number of hydrogen-bond acceptors (Lipinski definition) is 3. The summed E-state index contributed by atoms with van der Waals surface area (Å²) in [5, 5.41) is 12.5. The molecule has 2 rings (SSSR count). The number of nitrogen functional groups attached to an aromatic ring is 1. The molecule has 1 amide bonds. The second-order valence-corrected chi connectivity index (χ2v) is 5.10. The summed E-state index contributed by atoms with van der Waals surface area (Å²) in [5.41, 5.74) is 8.71. The van der Waals surface area contributed by atoms with Crippen molar-refractivity contribution in [2.75, 3.05) is 24.1 Å². The van der Waals surface area contributed by atoms with Crippen LogP contribution in [-0.4, -0.2) is 35.2 Å². The minimum Gasteiger partial charge on any atom is -0.465 e. The standard InChI is InChI=1S/C14H21N3O2/c1-10-5-4-7-12(15)13(10)16-11-6-2-3-8-17(9-11)14(18)19/h4-5,7,11,16H,2-3,6,8-9,15H2,1H3,(H,18,19)/t11-/m1/s1. The van der Waals surface area contributed by atoms with Crippen molar-refractivity contribution in [3.63, 3.8) is 0 Å². The average Bonchev–Trinajstić information content (AvgIpc) is 2.59. The summed E-state index contributed by atoms with van der Waals surface area (Å²) in [4.78, 5) is 12.6. The molecule has 0 aromatic heterocycles. The molecule has 1 heterocycles. The van der Waals surface area contributed by atoms with Crippen molar-refractivity contribution in [3.05, 3.63) is 23.8 Å². The van der Waals surface area contributed by atoms with Crippen LogP contribution in [0.2, 0.25) is 0 Å². The zero-order valence-electron chi connectivity index (χ0n) is 11.2. The van der Waals surface area contributed by atoms with E-state index in [0.717, 1.165) is 30.5 Å². The maximum Gasteiger partial charge on any atom is 0.407 e. The monoisotopic (exact) mass is 263 g/mol. The van der Waals surface area contributed by atoms with Crippen LogP contribution in [-0.2, 0) is 0 Å². The lowest BCUT2D eigenvalue weighted by Gasteiger charge is -2.24. The van der Waals surface area contributed by atoms with Crippen molar-refractivity contribution in [2.45, 2.75) is 32.2 Å². The van der Waals surface area contributed by atoms with Gasteiger partial charge in [0.15, 0.2) is 0 Å². The van der Waals surface area contributed by atoms with Gasteiger partial charge in [0.2, 0.25) is 0 Å². The number of likely N-dealkylation sites (tertiary alicyclic amines) is 1. The third-order valence-electron chi connectivity index (χ3n) is 3.60. The van der Waals surface area contributed by atoms with E-state index < -0.39 is 6.09 Å². The number of benzene rings is 1. The summed E-state index contributed by atoms with van der Waals surface area (Å²) in [5.74, 6) is 0. The molecule has 5 nitrogen and oxygen atoms in total. The molecule has 0 unspecified atom stereocenters. The van der Waals surface area contributed by atoms with Gasteiger partial charge in [-0.1, -0.05) is 12.1 Å². The molecule has 1 aromatic rings. The molecule has 5 heteroatoms. The van der Waals surface area contributed by atoms with Crippen LogP contribution in [0.1, 0.15) is 24.8 Å². The lowest BCUT2D eigenvalue weighted by molar-refractivity contribution is 0.146. The highest BCUT2D eigenvalue weighted by Gasteiger charge is 2.22. The van der Waals surface area contributed by atoms with Gasteiger partial charge >= 0.3 is 6.09 Å². The Kier molecular flexibility index (Phi) is 4.14. The van der Waals surface area contributed by atoms with Gasteiger partial charge in [0, 0.05) is 19.1 Å². The number of anilines is 2. The Balaban J connectivity index is 2.11. The molecule has 0 radical (unpaired) electrons. The van der Waals surface area contributed by atoms with Gasteiger partial charge in [0.1, 0.15) is 0 Å². The smallest absolute Gasteiger partial charge is 0.407 e. The van der Waals surface area contributed by atoms with Gasteiger partial charge in [-0.15, -0.1) is 0 Å². The molecule has 1 fully saturated rings. The molecule has 1 aliphatic heterocycles. The largest absolute Gasteiger partial charge is 0.465 e. The maximum atomic E-state index is 11.1. The Morgan fingerprint density at radius 1 is 1.47 bits per heavy atom. The minimum atomic E-state index is -0.841. The number of nitrogens with two attached hydrogens (primary N) is 1. The number of carbonyl (C=O) groups is 1. The first-order valence-corrected chi connectivity index (χ1v) is 6.67. The van der Waals surface area contributed by atoms with E-state index in [0.29, 0.717) is 18.8 Å². The fourth-order valence-corrected chi connectivity index (χ4v) is 2.53. The van der Waals surface area contributed by atoms with Crippen molar-refractivity contribution < 1.29 is 9.90 Å². The van der Waals surface area contributed by atoms with E-state index in [-0.39, 0.29) is 6.04 Å². The Hall–Kier alpha value is -1.91. The van der Waals surface area contributed by atoms with Crippen molar-refractivity contribution in [1.29, 1.82) is 0 Å². The summed E-state index contributed by atoms with van der Waals surface area (Å²) in [7, 11) is 0. The van der Waals surface area contributed by atoms with Gasteiger partial charge < -0.3 is 21.1 Å². The average molecular weight is 263 g/mol. The third kappa shape index (κ3) is 3.30. The minimum absolute atomic E-state index is 0.127. The first-order valence-electron chi connectivity index (χ1n) is 6.67. The molecule has 0 bridgehead atoms. The quantitative estimate of drug-likeness (QED) is 0.716. The van der Waals surface area contributed by atoms with Crippen molar-refractivity contribution in [3.8, 4) is 0 Å². The highest BCUT2D eigenvalue weighted by molar-refractivity contribution is 5.70. The topological polar surface area (TPSA) is 78.6 Å².